The summed E-state index contributed by atoms with van der Waals surface area (Å²) in [6.45, 7) is 0.905. The summed E-state index contributed by atoms with van der Waals surface area (Å²) in [6.07, 6.45) is 7.28. The Hall–Kier alpha value is -1.28. The van der Waals surface area contributed by atoms with Crippen LogP contribution >= 0.6 is 0 Å². The zero-order valence-electron chi connectivity index (χ0n) is 9.26. The fraction of sp³-hybridized carbons (Fsp3) is 0.429. The van der Waals surface area contributed by atoms with E-state index in [0.29, 0.717) is 11.8 Å². The van der Waals surface area contributed by atoms with Crippen molar-refractivity contribution in [3.63, 3.8) is 0 Å². The first kappa shape index (κ1) is 9.91. The molecule has 1 aromatic carbocycles. The van der Waals surface area contributed by atoms with E-state index in [2.05, 4.69) is 17.5 Å². The van der Waals surface area contributed by atoms with Crippen LogP contribution in [0, 0.1) is 11.8 Å². The molecule has 0 aliphatic heterocycles. The first-order chi connectivity index (χ1) is 7.83. The number of benzene rings is 1. The lowest BCUT2D eigenvalue weighted by Crippen LogP contribution is -2.47. The number of phenolic OH excluding ortho intramolecular Hbond substituents is 1. The van der Waals surface area contributed by atoms with Gasteiger partial charge < -0.3 is 10.4 Å². The van der Waals surface area contributed by atoms with Gasteiger partial charge in [-0.3, -0.25) is 0 Å². The molecule has 2 N–H and O–H groups in total. The molecule has 1 aromatic rings. The van der Waals surface area contributed by atoms with Gasteiger partial charge in [0.15, 0.2) is 0 Å². The smallest absolute Gasteiger partial charge is 0.115 e. The Kier molecular flexibility index (Phi) is 2.44. The maximum Gasteiger partial charge on any atom is 0.115 e. The maximum absolute atomic E-state index is 9.18. The minimum Gasteiger partial charge on any atom is -0.508 e. The summed E-state index contributed by atoms with van der Waals surface area (Å²) in [4.78, 5) is 0. The molecule has 0 spiro atoms. The van der Waals surface area contributed by atoms with E-state index in [1.54, 1.807) is 12.1 Å². The molecule has 0 amide bonds. The van der Waals surface area contributed by atoms with Crippen LogP contribution in [0.5, 0.6) is 5.75 Å². The Labute approximate surface area is 96.0 Å². The standard InChI is InChI=1S/C14H17NO/c16-12-6-4-10(5-7-12)9-15-14-8-11-2-1-3-13(11)14/h1,3-7,11,13-16H,2,8-9H2. The van der Waals surface area contributed by atoms with Crippen LogP contribution in [-0.4, -0.2) is 11.1 Å². The van der Waals surface area contributed by atoms with Crippen molar-refractivity contribution in [3.05, 3.63) is 42.0 Å². The summed E-state index contributed by atoms with van der Waals surface area (Å²) < 4.78 is 0. The number of phenols is 1. The van der Waals surface area contributed by atoms with Crippen molar-refractivity contribution in [1.82, 2.24) is 5.32 Å². The molecule has 2 nitrogen and oxygen atoms in total. The molecule has 3 rings (SSSR count). The Morgan fingerprint density at radius 3 is 2.81 bits per heavy atom. The van der Waals surface area contributed by atoms with Crippen LogP contribution in [0.15, 0.2) is 36.4 Å². The zero-order valence-corrected chi connectivity index (χ0v) is 9.26. The van der Waals surface area contributed by atoms with Gasteiger partial charge in [0.25, 0.3) is 0 Å². The third-order valence-corrected chi connectivity index (χ3v) is 3.87. The predicted molar refractivity (Wildman–Crippen MR) is 64.1 cm³/mol. The van der Waals surface area contributed by atoms with Gasteiger partial charge in [0.05, 0.1) is 0 Å². The number of hydrogen-bond donors (Lipinski definition) is 2. The van der Waals surface area contributed by atoms with Crippen LogP contribution in [0.4, 0.5) is 0 Å². The molecule has 0 bridgehead atoms. The van der Waals surface area contributed by atoms with E-state index in [1.807, 2.05) is 12.1 Å². The number of allylic oxidation sites excluding steroid dienone is 1. The first-order valence-electron chi connectivity index (χ1n) is 6.01. The Morgan fingerprint density at radius 1 is 1.25 bits per heavy atom. The lowest BCUT2D eigenvalue weighted by Gasteiger charge is -2.40. The van der Waals surface area contributed by atoms with E-state index in [1.165, 1.54) is 18.4 Å². The Balaban J connectivity index is 1.53. The van der Waals surface area contributed by atoms with Gasteiger partial charge in [0, 0.05) is 12.6 Å². The monoisotopic (exact) mass is 215 g/mol. The van der Waals surface area contributed by atoms with Crippen molar-refractivity contribution >= 4 is 0 Å². The SMILES string of the molecule is Oc1ccc(CNC2CC3CC=CC32)cc1. The van der Waals surface area contributed by atoms with Crippen LogP contribution < -0.4 is 5.32 Å². The maximum atomic E-state index is 9.18. The minimum absolute atomic E-state index is 0.339. The zero-order chi connectivity index (χ0) is 11.0. The van der Waals surface area contributed by atoms with Crippen molar-refractivity contribution in [2.24, 2.45) is 11.8 Å². The molecule has 1 saturated carbocycles. The second kappa shape index (κ2) is 3.95. The van der Waals surface area contributed by atoms with Crippen LogP contribution in [-0.2, 0) is 6.54 Å². The van der Waals surface area contributed by atoms with Gasteiger partial charge >= 0.3 is 0 Å². The van der Waals surface area contributed by atoms with Gasteiger partial charge in [-0.1, -0.05) is 24.3 Å². The quantitative estimate of drug-likeness (QED) is 0.759. The van der Waals surface area contributed by atoms with E-state index in [9.17, 15) is 5.11 Å². The largest absolute Gasteiger partial charge is 0.508 e. The van der Waals surface area contributed by atoms with Gasteiger partial charge in [-0.15, -0.1) is 0 Å². The summed E-state index contributed by atoms with van der Waals surface area (Å²) in [5.41, 5.74) is 1.24. The van der Waals surface area contributed by atoms with Gasteiger partial charge in [0.1, 0.15) is 5.75 Å². The Morgan fingerprint density at radius 2 is 2.06 bits per heavy atom. The lowest BCUT2D eigenvalue weighted by molar-refractivity contribution is 0.162. The normalized spacial score (nSPS) is 31.1. The van der Waals surface area contributed by atoms with E-state index < -0.39 is 0 Å². The van der Waals surface area contributed by atoms with Gasteiger partial charge in [-0.05, 0) is 42.4 Å². The number of hydrogen-bond acceptors (Lipinski definition) is 2. The molecule has 2 aliphatic rings. The summed E-state index contributed by atoms with van der Waals surface area (Å²) >= 11 is 0. The summed E-state index contributed by atoms with van der Waals surface area (Å²) in [6, 6.07) is 8.11. The molecule has 0 aromatic heterocycles. The van der Waals surface area contributed by atoms with Crippen molar-refractivity contribution in [2.45, 2.75) is 25.4 Å². The number of rotatable bonds is 3. The van der Waals surface area contributed by atoms with Gasteiger partial charge in [-0.25, -0.2) is 0 Å². The summed E-state index contributed by atoms with van der Waals surface area (Å²) in [5, 5.41) is 12.8. The Bertz CT molecular complexity index is 396. The molecule has 3 atom stereocenters. The highest BCUT2D eigenvalue weighted by Gasteiger charge is 2.40. The van der Waals surface area contributed by atoms with Crippen LogP contribution in [0.2, 0.25) is 0 Å². The molecular weight excluding hydrogens is 198 g/mol. The summed E-state index contributed by atoms with van der Waals surface area (Å²) in [5.74, 6) is 2.03. The highest BCUT2D eigenvalue weighted by molar-refractivity contribution is 5.26. The fourth-order valence-electron chi connectivity index (χ4n) is 2.81. The first-order valence-corrected chi connectivity index (χ1v) is 6.01. The van der Waals surface area contributed by atoms with E-state index in [0.717, 1.165) is 18.4 Å². The van der Waals surface area contributed by atoms with Crippen molar-refractivity contribution in [2.75, 3.05) is 0 Å². The van der Waals surface area contributed by atoms with Crippen LogP contribution in [0.3, 0.4) is 0 Å². The summed E-state index contributed by atoms with van der Waals surface area (Å²) in [7, 11) is 0. The van der Waals surface area contributed by atoms with Gasteiger partial charge in [-0.2, -0.15) is 0 Å². The second-order valence-corrected chi connectivity index (χ2v) is 4.89. The number of aromatic hydroxyl groups is 1. The molecular formula is C14H17NO. The highest BCUT2D eigenvalue weighted by atomic mass is 16.3. The molecule has 16 heavy (non-hydrogen) atoms. The fourth-order valence-corrected chi connectivity index (χ4v) is 2.81. The predicted octanol–water partition coefficient (Wildman–Crippen LogP) is 2.45. The molecule has 0 heterocycles. The topological polar surface area (TPSA) is 32.3 Å². The highest BCUT2D eigenvalue weighted by Crippen LogP contribution is 2.42. The van der Waals surface area contributed by atoms with Crippen LogP contribution in [0.25, 0.3) is 0 Å². The average Bonchev–Trinajstić information content (AvgIpc) is 2.63. The van der Waals surface area contributed by atoms with Crippen molar-refractivity contribution < 1.29 is 5.11 Å². The van der Waals surface area contributed by atoms with E-state index >= 15 is 0 Å². The van der Waals surface area contributed by atoms with Crippen molar-refractivity contribution in [3.8, 4) is 5.75 Å². The molecule has 3 unspecified atom stereocenters. The third-order valence-electron chi connectivity index (χ3n) is 3.87. The van der Waals surface area contributed by atoms with E-state index in [-0.39, 0.29) is 0 Å². The van der Waals surface area contributed by atoms with Crippen molar-refractivity contribution in [1.29, 1.82) is 0 Å². The van der Waals surface area contributed by atoms with Crippen LogP contribution in [0.1, 0.15) is 18.4 Å². The second-order valence-electron chi connectivity index (χ2n) is 4.89. The molecule has 1 fully saturated rings. The minimum atomic E-state index is 0.339. The number of fused-ring (bicyclic) bond motifs is 1. The molecule has 84 valence electrons. The molecule has 0 saturated heterocycles. The lowest BCUT2D eigenvalue weighted by atomic mass is 9.71. The van der Waals surface area contributed by atoms with E-state index in [4.69, 9.17) is 0 Å². The third kappa shape index (κ3) is 1.74. The molecule has 2 heteroatoms. The molecule has 2 aliphatic carbocycles. The average molecular weight is 215 g/mol. The number of nitrogens with one attached hydrogen (secondary N) is 1. The van der Waals surface area contributed by atoms with Gasteiger partial charge in [0.2, 0.25) is 0 Å². The molecule has 0 radical (unpaired) electrons.